The minimum absolute atomic E-state index is 0.0574. The molecule has 0 bridgehead atoms. The Morgan fingerprint density at radius 2 is 2.12 bits per heavy atom. The number of nitriles is 1. The Morgan fingerprint density at radius 3 is 2.65 bits per heavy atom. The fourth-order valence-corrected chi connectivity index (χ4v) is 5.69. The van der Waals surface area contributed by atoms with Crippen molar-refractivity contribution in [2.75, 3.05) is 7.11 Å². The van der Waals surface area contributed by atoms with Gasteiger partial charge in [-0.15, -0.1) is 0 Å². The van der Waals surface area contributed by atoms with Crippen LogP contribution in [-0.2, 0) is 19.4 Å². The number of hydrogen-bond acceptors (Lipinski definition) is 5. The summed E-state index contributed by atoms with van der Waals surface area (Å²) in [6.07, 6.45) is 0.786. The molecule has 140 valence electrons. The standard InChI is InChI=1S/C17H18ClFN2O4S/c1-25-14-8-11(7-12(14)16(22)21-17(9-20)4-5-17)26(23,24)15-3-2-10(19)6-13(15)18/h2-3,6,11-12,14H,4-5,7-8H2,1H3,(H,21,22)/t11-,12-,14-/m1/s1. The van der Waals surface area contributed by atoms with Crippen LogP contribution in [0.15, 0.2) is 23.1 Å². The number of benzene rings is 1. The van der Waals surface area contributed by atoms with Crippen molar-refractivity contribution in [3.63, 3.8) is 0 Å². The molecule has 2 aliphatic rings. The zero-order valence-corrected chi connectivity index (χ0v) is 15.6. The number of ether oxygens (including phenoxy) is 1. The molecule has 1 amide bonds. The van der Waals surface area contributed by atoms with E-state index in [2.05, 4.69) is 11.4 Å². The summed E-state index contributed by atoms with van der Waals surface area (Å²) < 4.78 is 44.3. The molecular formula is C17H18ClFN2O4S. The van der Waals surface area contributed by atoms with Crippen molar-refractivity contribution in [1.82, 2.24) is 5.32 Å². The third kappa shape index (κ3) is 3.43. The first-order chi connectivity index (χ1) is 12.2. The van der Waals surface area contributed by atoms with Crippen LogP contribution < -0.4 is 5.32 Å². The van der Waals surface area contributed by atoms with Gasteiger partial charge in [-0.25, -0.2) is 12.8 Å². The zero-order chi connectivity index (χ0) is 19.1. The van der Waals surface area contributed by atoms with E-state index in [-0.39, 0.29) is 28.7 Å². The molecule has 26 heavy (non-hydrogen) atoms. The average Bonchev–Trinajstić information content (AvgIpc) is 3.20. The minimum atomic E-state index is -3.85. The van der Waals surface area contributed by atoms with Crippen LogP contribution in [0.25, 0.3) is 0 Å². The minimum Gasteiger partial charge on any atom is -0.381 e. The van der Waals surface area contributed by atoms with Gasteiger partial charge in [-0.3, -0.25) is 4.79 Å². The molecule has 1 N–H and O–H groups in total. The quantitative estimate of drug-likeness (QED) is 0.764. The highest BCUT2D eigenvalue weighted by Gasteiger charge is 2.50. The number of carbonyl (C=O) groups is 1. The smallest absolute Gasteiger partial charge is 0.227 e. The number of halogens is 2. The Hall–Kier alpha value is -1.69. The van der Waals surface area contributed by atoms with Crippen LogP contribution in [0.4, 0.5) is 4.39 Å². The van der Waals surface area contributed by atoms with Gasteiger partial charge < -0.3 is 10.1 Å². The van der Waals surface area contributed by atoms with E-state index in [9.17, 15) is 17.6 Å². The average molecular weight is 401 g/mol. The van der Waals surface area contributed by atoms with E-state index in [0.29, 0.717) is 12.8 Å². The lowest BCUT2D eigenvalue weighted by molar-refractivity contribution is -0.128. The molecule has 0 radical (unpaired) electrons. The van der Waals surface area contributed by atoms with Gasteiger partial charge in [-0.2, -0.15) is 5.26 Å². The number of nitrogens with one attached hydrogen (secondary N) is 1. The molecule has 1 aromatic rings. The summed E-state index contributed by atoms with van der Waals surface area (Å²) in [5.41, 5.74) is -0.827. The molecule has 2 aliphatic carbocycles. The van der Waals surface area contributed by atoms with Gasteiger partial charge in [0.2, 0.25) is 5.91 Å². The second-order valence-corrected chi connectivity index (χ2v) is 9.38. The summed E-state index contributed by atoms with van der Waals surface area (Å²) in [5.74, 6) is -1.68. The molecular weight excluding hydrogens is 383 g/mol. The predicted octanol–water partition coefficient (Wildman–Crippen LogP) is 2.22. The van der Waals surface area contributed by atoms with Gasteiger partial charge in [0, 0.05) is 7.11 Å². The first kappa shape index (κ1) is 19.1. The third-order valence-electron chi connectivity index (χ3n) is 5.07. The van der Waals surface area contributed by atoms with Gasteiger partial charge >= 0.3 is 0 Å². The zero-order valence-electron chi connectivity index (χ0n) is 14.0. The molecule has 0 aromatic heterocycles. The van der Waals surface area contributed by atoms with Crippen molar-refractivity contribution in [2.24, 2.45) is 5.92 Å². The topological polar surface area (TPSA) is 96.3 Å². The van der Waals surface area contributed by atoms with Gasteiger partial charge in [-0.05, 0) is 43.9 Å². The van der Waals surface area contributed by atoms with Crippen LogP contribution in [-0.4, -0.2) is 38.3 Å². The number of methoxy groups -OCH3 is 1. The largest absolute Gasteiger partial charge is 0.381 e. The van der Waals surface area contributed by atoms with Crippen LogP contribution in [0.3, 0.4) is 0 Å². The highest BCUT2D eigenvalue weighted by molar-refractivity contribution is 7.92. The molecule has 0 heterocycles. The number of rotatable bonds is 5. The Morgan fingerprint density at radius 1 is 1.42 bits per heavy atom. The summed E-state index contributed by atoms with van der Waals surface area (Å²) >= 11 is 5.91. The van der Waals surface area contributed by atoms with Crippen LogP contribution in [0.2, 0.25) is 5.02 Å². The van der Waals surface area contributed by atoms with E-state index >= 15 is 0 Å². The number of sulfone groups is 1. The maximum absolute atomic E-state index is 13.2. The fraction of sp³-hybridized carbons (Fsp3) is 0.529. The fourth-order valence-electron chi connectivity index (χ4n) is 3.35. The van der Waals surface area contributed by atoms with E-state index < -0.39 is 38.5 Å². The molecule has 6 nitrogen and oxygen atoms in total. The number of carbonyl (C=O) groups excluding carboxylic acids is 1. The SMILES string of the molecule is CO[C@@H]1C[C@H](S(=O)(=O)c2ccc(F)cc2Cl)C[C@H]1C(=O)NC1(C#N)CC1. The molecule has 0 saturated heterocycles. The van der Waals surface area contributed by atoms with E-state index in [1.807, 2.05) is 0 Å². The van der Waals surface area contributed by atoms with Crippen molar-refractivity contribution >= 4 is 27.3 Å². The molecule has 3 rings (SSSR count). The Balaban J connectivity index is 1.81. The molecule has 2 saturated carbocycles. The summed E-state index contributed by atoms with van der Waals surface area (Å²) in [4.78, 5) is 12.4. The Labute approximate surface area is 156 Å². The first-order valence-corrected chi connectivity index (χ1v) is 10.1. The predicted molar refractivity (Wildman–Crippen MR) is 91.6 cm³/mol. The van der Waals surface area contributed by atoms with Crippen molar-refractivity contribution < 1.29 is 22.3 Å². The summed E-state index contributed by atoms with van der Waals surface area (Å²) in [7, 11) is -2.43. The van der Waals surface area contributed by atoms with E-state index in [1.54, 1.807) is 0 Å². The molecule has 3 atom stereocenters. The van der Waals surface area contributed by atoms with Crippen LogP contribution in [0.5, 0.6) is 0 Å². The van der Waals surface area contributed by atoms with Crippen molar-refractivity contribution in [3.8, 4) is 6.07 Å². The van der Waals surface area contributed by atoms with E-state index in [0.717, 1.165) is 18.2 Å². The summed E-state index contributed by atoms with van der Waals surface area (Å²) in [6, 6.07) is 5.20. The van der Waals surface area contributed by atoms with Gasteiger partial charge in [-0.1, -0.05) is 11.6 Å². The lowest BCUT2D eigenvalue weighted by Gasteiger charge is -2.19. The molecule has 0 unspecified atom stereocenters. The highest BCUT2D eigenvalue weighted by Crippen LogP contribution is 2.40. The first-order valence-electron chi connectivity index (χ1n) is 8.17. The highest BCUT2D eigenvalue weighted by atomic mass is 35.5. The lowest BCUT2D eigenvalue weighted by Crippen LogP contribution is -2.42. The molecule has 0 spiro atoms. The number of nitrogens with zero attached hydrogens (tertiary/aromatic N) is 1. The van der Waals surface area contributed by atoms with Gasteiger partial charge in [0.15, 0.2) is 9.84 Å². The molecule has 1 aromatic carbocycles. The van der Waals surface area contributed by atoms with Gasteiger partial charge in [0.05, 0.1) is 33.3 Å². The van der Waals surface area contributed by atoms with E-state index in [4.69, 9.17) is 21.6 Å². The summed E-state index contributed by atoms with van der Waals surface area (Å²) in [5, 5.41) is 10.8. The summed E-state index contributed by atoms with van der Waals surface area (Å²) in [6.45, 7) is 0. The van der Waals surface area contributed by atoms with Crippen LogP contribution >= 0.6 is 11.6 Å². The van der Waals surface area contributed by atoms with Crippen molar-refractivity contribution in [2.45, 2.75) is 47.5 Å². The molecule has 9 heteroatoms. The van der Waals surface area contributed by atoms with Gasteiger partial charge in [0.25, 0.3) is 0 Å². The molecule has 2 fully saturated rings. The third-order valence-corrected chi connectivity index (χ3v) is 7.72. The molecule has 0 aliphatic heterocycles. The number of amides is 1. The van der Waals surface area contributed by atoms with Crippen LogP contribution in [0, 0.1) is 23.1 Å². The second kappa shape index (κ2) is 6.80. The maximum atomic E-state index is 13.2. The number of hydrogen-bond donors (Lipinski definition) is 1. The normalized spacial score (nSPS) is 26.9. The van der Waals surface area contributed by atoms with E-state index in [1.165, 1.54) is 7.11 Å². The van der Waals surface area contributed by atoms with Crippen molar-refractivity contribution in [1.29, 1.82) is 5.26 Å². The van der Waals surface area contributed by atoms with Crippen molar-refractivity contribution in [3.05, 3.63) is 29.0 Å². The monoisotopic (exact) mass is 400 g/mol. The lowest BCUT2D eigenvalue weighted by atomic mass is 10.0. The Kier molecular flexibility index (Phi) is 4.99. The second-order valence-electron chi connectivity index (χ2n) is 6.78. The van der Waals surface area contributed by atoms with Crippen LogP contribution in [0.1, 0.15) is 25.7 Å². The maximum Gasteiger partial charge on any atom is 0.227 e. The Bertz CT molecular complexity index is 879. The van der Waals surface area contributed by atoms with Gasteiger partial charge in [0.1, 0.15) is 11.4 Å².